The maximum atomic E-state index is 10.9. The molecule has 19 heavy (non-hydrogen) atoms. The third-order valence-electron chi connectivity index (χ3n) is 3.79. The van der Waals surface area contributed by atoms with E-state index in [0.29, 0.717) is 6.04 Å². The van der Waals surface area contributed by atoms with Gasteiger partial charge >= 0.3 is 0 Å². The summed E-state index contributed by atoms with van der Waals surface area (Å²) >= 11 is 0. The van der Waals surface area contributed by atoms with Crippen molar-refractivity contribution in [3.8, 4) is 0 Å². The average Bonchev–Trinajstić information content (AvgIpc) is 2.41. The number of rotatable bonds is 4. The largest absolute Gasteiger partial charge is 0.316 e. The number of likely N-dealkylation sites (tertiary alicyclic amines) is 1. The van der Waals surface area contributed by atoms with Crippen molar-refractivity contribution in [2.75, 3.05) is 20.1 Å². The van der Waals surface area contributed by atoms with E-state index in [1.54, 1.807) is 13.0 Å². The van der Waals surface area contributed by atoms with Crippen molar-refractivity contribution >= 4 is 5.69 Å². The number of nitrogens with zero attached hydrogens (tertiary/aromatic N) is 2. The van der Waals surface area contributed by atoms with Crippen LogP contribution in [0.15, 0.2) is 18.2 Å². The summed E-state index contributed by atoms with van der Waals surface area (Å²) in [7, 11) is 1.99. The van der Waals surface area contributed by atoms with Gasteiger partial charge in [0.25, 0.3) is 5.69 Å². The zero-order chi connectivity index (χ0) is 13.8. The van der Waals surface area contributed by atoms with Gasteiger partial charge in [-0.1, -0.05) is 12.1 Å². The molecule has 1 heterocycles. The number of hydrogen-bond donors (Lipinski definition) is 1. The van der Waals surface area contributed by atoms with Crippen LogP contribution in [0.3, 0.4) is 0 Å². The Labute approximate surface area is 113 Å². The molecule has 1 aliphatic rings. The third kappa shape index (κ3) is 3.52. The van der Waals surface area contributed by atoms with Crippen molar-refractivity contribution in [2.45, 2.75) is 32.4 Å². The number of nitro benzene ring substituents is 1. The number of hydrogen-bond acceptors (Lipinski definition) is 4. The van der Waals surface area contributed by atoms with E-state index >= 15 is 0 Å². The van der Waals surface area contributed by atoms with E-state index in [-0.39, 0.29) is 10.6 Å². The molecule has 0 saturated carbocycles. The fraction of sp³-hybridized carbons (Fsp3) is 0.571. The second-order valence-corrected chi connectivity index (χ2v) is 5.24. The molecule has 104 valence electrons. The topological polar surface area (TPSA) is 58.4 Å². The summed E-state index contributed by atoms with van der Waals surface area (Å²) in [5.41, 5.74) is 1.97. The van der Waals surface area contributed by atoms with Crippen LogP contribution in [0, 0.1) is 17.0 Å². The molecule has 1 aromatic rings. The van der Waals surface area contributed by atoms with E-state index in [2.05, 4.69) is 10.2 Å². The quantitative estimate of drug-likeness (QED) is 0.667. The van der Waals surface area contributed by atoms with Crippen molar-refractivity contribution in [1.29, 1.82) is 0 Å². The molecule has 2 rings (SSSR count). The van der Waals surface area contributed by atoms with Crippen molar-refractivity contribution in [1.82, 2.24) is 10.2 Å². The number of likely N-dealkylation sites (N-methyl/N-ethyl adjacent to an activating group) is 1. The lowest BCUT2D eigenvalue weighted by atomic mass is 10.0. The molecule has 0 radical (unpaired) electrons. The van der Waals surface area contributed by atoms with E-state index in [1.165, 1.54) is 12.8 Å². The van der Waals surface area contributed by atoms with E-state index in [1.807, 2.05) is 19.2 Å². The lowest BCUT2D eigenvalue weighted by Gasteiger charge is -2.32. The molecule has 0 spiro atoms. The van der Waals surface area contributed by atoms with E-state index in [9.17, 15) is 10.1 Å². The fourth-order valence-electron chi connectivity index (χ4n) is 2.64. The highest BCUT2D eigenvalue weighted by Crippen LogP contribution is 2.21. The van der Waals surface area contributed by atoms with Gasteiger partial charge in [-0.25, -0.2) is 0 Å². The highest BCUT2D eigenvalue weighted by Gasteiger charge is 2.19. The molecule has 0 amide bonds. The SMILES string of the molecule is CNC1CCCN(Cc2ccc(C)c([N+](=O)[O-])c2)C1. The van der Waals surface area contributed by atoms with E-state index in [4.69, 9.17) is 0 Å². The summed E-state index contributed by atoms with van der Waals surface area (Å²) in [6, 6.07) is 6.07. The van der Waals surface area contributed by atoms with Crippen LogP contribution in [0.25, 0.3) is 0 Å². The first-order valence-electron chi connectivity index (χ1n) is 6.73. The summed E-state index contributed by atoms with van der Waals surface area (Å²) in [6.07, 6.45) is 2.39. The molecule has 1 unspecified atom stereocenters. The summed E-state index contributed by atoms with van der Waals surface area (Å²) in [5, 5.41) is 14.3. The van der Waals surface area contributed by atoms with Gasteiger partial charge in [0.2, 0.25) is 0 Å². The maximum Gasteiger partial charge on any atom is 0.272 e. The minimum atomic E-state index is -0.300. The van der Waals surface area contributed by atoms with Crippen LogP contribution in [-0.2, 0) is 6.54 Å². The van der Waals surface area contributed by atoms with Gasteiger partial charge < -0.3 is 5.32 Å². The van der Waals surface area contributed by atoms with Crippen molar-refractivity contribution < 1.29 is 4.92 Å². The number of nitrogens with one attached hydrogen (secondary N) is 1. The molecule has 0 aromatic heterocycles. The second kappa shape index (κ2) is 6.12. The highest BCUT2D eigenvalue weighted by molar-refractivity contribution is 5.42. The monoisotopic (exact) mass is 263 g/mol. The van der Waals surface area contributed by atoms with Crippen LogP contribution in [0.4, 0.5) is 5.69 Å². The number of aryl methyl sites for hydroxylation is 1. The first kappa shape index (κ1) is 14.0. The van der Waals surface area contributed by atoms with Crippen LogP contribution in [0.1, 0.15) is 24.0 Å². The second-order valence-electron chi connectivity index (χ2n) is 5.24. The van der Waals surface area contributed by atoms with Gasteiger partial charge in [0.1, 0.15) is 0 Å². The van der Waals surface area contributed by atoms with Gasteiger partial charge in [0.15, 0.2) is 0 Å². The van der Waals surface area contributed by atoms with Gasteiger partial charge in [0.05, 0.1) is 4.92 Å². The Hall–Kier alpha value is -1.46. The summed E-state index contributed by atoms with van der Waals surface area (Å²) in [4.78, 5) is 13.0. The fourth-order valence-corrected chi connectivity index (χ4v) is 2.64. The van der Waals surface area contributed by atoms with Crippen LogP contribution in [0.5, 0.6) is 0 Å². The highest BCUT2D eigenvalue weighted by atomic mass is 16.6. The molecule has 1 atom stereocenters. The molecule has 0 aliphatic carbocycles. The van der Waals surface area contributed by atoms with Gasteiger partial charge in [-0.15, -0.1) is 0 Å². The smallest absolute Gasteiger partial charge is 0.272 e. The summed E-state index contributed by atoms with van der Waals surface area (Å²) < 4.78 is 0. The lowest BCUT2D eigenvalue weighted by Crippen LogP contribution is -2.43. The van der Waals surface area contributed by atoms with Crippen molar-refractivity contribution in [3.05, 3.63) is 39.4 Å². The molecular formula is C14H21N3O2. The Morgan fingerprint density at radius 1 is 1.53 bits per heavy atom. The van der Waals surface area contributed by atoms with Gasteiger partial charge in [-0.2, -0.15) is 0 Å². The van der Waals surface area contributed by atoms with E-state index < -0.39 is 0 Å². The Morgan fingerprint density at radius 3 is 3.00 bits per heavy atom. The summed E-state index contributed by atoms with van der Waals surface area (Å²) in [6.45, 7) is 4.65. The molecule has 1 N–H and O–H groups in total. The third-order valence-corrected chi connectivity index (χ3v) is 3.79. The van der Waals surface area contributed by atoms with Crippen molar-refractivity contribution in [3.63, 3.8) is 0 Å². The van der Waals surface area contributed by atoms with Crippen LogP contribution in [-0.4, -0.2) is 36.0 Å². The molecule has 0 bridgehead atoms. The molecular weight excluding hydrogens is 242 g/mol. The Kier molecular flexibility index (Phi) is 4.50. The molecule has 5 nitrogen and oxygen atoms in total. The number of piperidine rings is 1. The van der Waals surface area contributed by atoms with Crippen LogP contribution in [0.2, 0.25) is 0 Å². The van der Waals surface area contributed by atoms with Crippen molar-refractivity contribution in [2.24, 2.45) is 0 Å². The summed E-state index contributed by atoms with van der Waals surface area (Å²) in [5.74, 6) is 0. The molecule has 1 aromatic carbocycles. The minimum absolute atomic E-state index is 0.222. The Balaban J connectivity index is 2.06. The average molecular weight is 263 g/mol. The van der Waals surface area contributed by atoms with Gasteiger partial charge in [-0.05, 0) is 38.9 Å². The Bertz CT molecular complexity index is 462. The van der Waals surface area contributed by atoms with Crippen LogP contribution >= 0.6 is 0 Å². The van der Waals surface area contributed by atoms with Gasteiger partial charge in [0, 0.05) is 30.8 Å². The molecule has 1 saturated heterocycles. The minimum Gasteiger partial charge on any atom is -0.316 e. The lowest BCUT2D eigenvalue weighted by molar-refractivity contribution is -0.385. The number of benzene rings is 1. The number of nitro groups is 1. The standard InChI is InChI=1S/C14H21N3O2/c1-11-5-6-12(8-14(11)17(18)19)9-16-7-3-4-13(10-16)15-2/h5-6,8,13,15H,3-4,7,9-10H2,1-2H3. The Morgan fingerprint density at radius 2 is 2.32 bits per heavy atom. The first-order valence-corrected chi connectivity index (χ1v) is 6.73. The normalized spacial score (nSPS) is 20.4. The zero-order valence-corrected chi connectivity index (χ0v) is 11.6. The predicted octanol–water partition coefficient (Wildman–Crippen LogP) is 2.09. The van der Waals surface area contributed by atoms with E-state index in [0.717, 1.165) is 30.8 Å². The molecule has 1 fully saturated rings. The maximum absolute atomic E-state index is 10.9. The van der Waals surface area contributed by atoms with Crippen LogP contribution < -0.4 is 5.32 Å². The first-order chi connectivity index (χ1) is 9.10. The zero-order valence-electron chi connectivity index (χ0n) is 11.6. The molecule has 1 aliphatic heterocycles. The van der Waals surface area contributed by atoms with Gasteiger partial charge in [-0.3, -0.25) is 15.0 Å². The molecule has 5 heteroatoms. The predicted molar refractivity (Wildman–Crippen MR) is 75.2 cm³/mol.